The molecule has 2 N–H and O–H groups in total. The van der Waals surface area contributed by atoms with Gasteiger partial charge >= 0.3 is 5.97 Å². The molecule has 0 aliphatic rings. The number of carbonyl (C=O) groups excluding carboxylic acids is 3. The fourth-order valence-corrected chi connectivity index (χ4v) is 3.00. The Hall–Kier alpha value is -4.79. The van der Waals surface area contributed by atoms with Crippen LogP contribution in [0.3, 0.4) is 0 Å². The van der Waals surface area contributed by atoms with Crippen LogP contribution in [0.15, 0.2) is 78.5 Å². The van der Waals surface area contributed by atoms with Crippen molar-refractivity contribution in [1.82, 2.24) is 5.32 Å². The SMILES string of the molecule is COC(=O)c1ccc(NC(=O)/C(=C/c2ccc([N+](=O)[O-])cc2)NC(=O)c2cccc(C)c2)cc1. The molecule has 172 valence electrons. The lowest BCUT2D eigenvalue weighted by Gasteiger charge is -2.12. The van der Waals surface area contributed by atoms with Crippen LogP contribution in [-0.2, 0) is 9.53 Å². The molecular weight excluding hydrogens is 438 g/mol. The maximum atomic E-state index is 13.0. The Morgan fingerprint density at radius 3 is 2.21 bits per heavy atom. The molecule has 3 aromatic rings. The van der Waals surface area contributed by atoms with Gasteiger partial charge in [0.25, 0.3) is 17.5 Å². The number of nitro groups is 1. The third-order valence-corrected chi connectivity index (χ3v) is 4.75. The van der Waals surface area contributed by atoms with E-state index in [1.165, 1.54) is 61.7 Å². The molecule has 0 fully saturated rings. The number of anilines is 1. The summed E-state index contributed by atoms with van der Waals surface area (Å²) in [6.45, 7) is 1.84. The van der Waals surface area contributed by atoms with Crippen molar-refractivity contribution < 1.29 is 24.0 Å². The van der Waals surface area contributed by atoms with Gasteiger partial charge in [0, 0.05) is 23.4 Å². The van der Waals surface area contributed by atoms with Gasteiger partial charge in [0.1, 0.15) is 5.70 Å². The summed E-state index contributed by atoms with van der Waals surface area (Å²) >= 11 is 0. The van der Waals surface area contributed by atoms with Gasteiger partial charge < -0.3 is 15.4 Å². The molecule has 3 rings (SSSR count). The maximum absolute atomic E-state index is 13.0. The molecule has 0 unspecified atom stereocenters. The summed E-state index contributed by atoms with van der Waals surface area (Å²) in [5.74, 6) is -1.62. The minimum Gasteiger partial charge on any atom is -0.465 e. The van der Waals surface area contributed by atoms with Crippen molar-refractivity contribution in [2.75, 3.05) is 12.4 Å². The molecule has 0 saturated carbocycles. The molecule has 0 saturated heterocycles. The number of hydrogen-bond donors (Lipinski definition) is 2. The third kappa shape index (κ3) is 6.13. The summed E-state index contributed by atoms with van der Waals surface area (Å²) in [6, 6.07) is 18.4. The van der Waals surface area contributed by atoms with Gasteiger partial charge in [-0.2, -0.15) is 0 Å². The number of non-ortho nitro benzene ring substituents is 1. The number of nitro benzene ring substituents is 1. The molecule has 0 spiro atoms. The minimum atomic E-state index is -0.620. The van der Waals surface area contributed by atoms with Crippen LogP contribution in [0.2, 0.25) is 0 Å². The van der Waals surface area contributed by atoms with Gasteiger partial charge in [0.15, 0.2) is 0 Å². The molecule has 3 aromatic carbocycles. The van der Waals surface area contributed by atoms with Crippen LogP contribution in [0.4, 0.5) is 11.4 Å². The molecule has 9 heteroatoms. The number of nitrogens with one attached hydrogen (secondary N) is 2. The Balaban J connectivity index is 1.88. The Bertz CT molecular complexity index is 1260. The zero-order valence-corrected chi connectivity index (χ0v) is 18.4. The molecule has 0 aromatic heterocycles. The van der Waals surface area contributed by atoms with Gasteiger partial charge in [0.05, 0.1) is 17.6 Å². The summed E-state index contributed by atoms with van der Waals surface area (Å²) in [6.07, 6.45) is 1.41. The third-order valence-electron chi connectivity index (χ3n) is 4.75. The number of amides is 2. The quantitative estimate of drug-likeness (QED) is 0.237. The standard InChI is InChI=1S/C25H21N3O6/c1-16-4-3-5-19(14-16)23(29)27-22(15-17-6-12-21(13-7-17)28(32)33)24(30)26-20-10-8-18(9-11-20)25(31)34-2/h3-15H,1-2H3,(H,26,30)(H,27,29)/b22-15-. The zero-order chi connectivity index (χ0) is 24.7. The highest BCUT2D eigenvalue weighted by Crippen LogP contribution is 2.16. The Morgan fingerprint density at radius 2 is 1.62 bits per heavy atom. The van der Waals surface area contributed by atoms with E-state index in [-0.39, 0.29) is 11.4 Å². The second-order valence-electron chi connectivity index (χ2n) is 7.25. The van der Waals surface area contributed by atoms with Crippen LogP contribution in [0.25, 0.3) is 6.08 Å². The van der Waals surface area contributed by atoms with Crippen LogP contribution in [0.1, 0.15) is 31.8 Å². The lowest BCUT2D eigenvalue weighted by molar-refractivity contribution is -0.384. The van der Waals surface area contributed by atoms with Gasteiger partial charge in [-0.05, 0) is 67.1 Å². The Kier molecular flexibility index (Phi) is 7.50. The molecular formula is C25H21N3O6. The number of benzene rings is 3. The number of methoxy groups -OCH3 is 1. The monoisotopic (exact) mass is 459 g/mol. The van der Waals surface area contributed by atoms with Gasteiger partial charge in [-0.25, -0.2) is 4.79 Å². The van der Waals surface area contributed by atoms with Crippen LogP contribution in [0, 0.1) is 17.0 Å². The number of carbonyl (C=O) groups is 3. The average Bonchev–Trinajstić information content (AvgIpc) is 2.83. The van der Waals surface area contributed by atoms with E-state index in [9.17, 15) is 24.5 Å². The molecule has 0 bridgehead atoms. The predicted octanol–water partition coefficient (Wildman–Crippen LogP) is 4.10. The van der Waals surface area contributed by atoms with Crippen molar-refractivity contribution in [2.45, 2.75) is 6.92 Å². The van der Waals surface area contributed by atoms with Crippen molar-refractivity contribution in [3.63, 3.8) is 0 Å². The first kappa shape index (κ1) is 23.9. The van der Waals surface area contributed by atoms with Gasteiger partial charge in [-0.15, -0.1) is 0 Å². The second-order valence-corrected chi connectivity index (χ2v) is 7.25. The molecule has 0 aliphatic carbocycles. The largest absolute Gasteiger partial charge is 0.465 e. The number of rotatable bonds is 7. The average molecular weight is 459 g/mol. The van der Waals surface area contributed by atoms with Crippen LogP contribution >= 0.6 is 0 Å². The van der Waals surface area contributed by atoms with Crippen LogP contribution in [0.5, 0.6) is 0 Å². The summed E-state index contributed by atoms with van der Waals surface area (Å²) in [7, 11) is 1.27. The molecule has 0 heterocycles. The summed E-state index contributed by atoms with van der Waals surface area (Å²) in [5, 5.41) is 16.2. The molecule has 9 nitrogen and oxygen atoms in total. The first-order valence-electron chi connectivity index (χ1n) is 10.1. The van der Waals surface area contributed by atoms with E-state index >= 15 is 0 Å². The van der Waals surface area contributed by atoms with E-state index in [1.54, 1.807) is 18.2 Å². The number of hydrogen-bond acceptors (Lipinski definition) is 6. The van der Waals surface area contributed by atoms with Crippen molar-refractivity contribution in [1.29, 1.82) is 0 Å². The van der Waals surface area contributed by atoms with Crippen molar-refractivity contribution in [3.05, 3.63) is 111 Å². The maximum Gasteiger partial charge on any atom is 0.337 e. The van der Waals surface area contributed by atoms with Crippen LogP contribution < -0.4 is 10.6 Å². The van der Waals surface area contributed by atoms with Gasteiger partial charge in [-0.3, -0.25) is 19.7 Å². The van der Waals surface area contributed by atoms with E-state index in [0.29, 0.717) is 22.4 Å². The highest BCUT2D eigenvalue weighted by Gasteiger charge is 2.16. The summed E-state index contributed by atoms with van der Waals surface area (Å²) < 4.78 is 4.65. The first-order chi connectivity index (χ1) is 16.3. The molecule has 0 radical (unpaired) electrons. The van der Waals surface area contributed by atoms with Crippen molar-refractivity contribution in [3.8, 4) is 0 Å². The lowest BCUT2D eigenvalue weighted by Crippen LogP contribution is -2.30. The van der Waals surface area contributed by atoms with Crippen molar-refractivity contribution in [2.24, 2.45) is 0 Å². The second kappa shape index (κ2) is 10.7. The smallest absolute Gasteiger partial charge is 0.337 e. The highest BCUT2D eigenvalue weighted by atomic mass is 16.6. The fourth-order valence-electron chi connectivity index (χ4n) is 3.00. The molecule has 34 heavy (non-hydrogen) atoms. The number of ether oxygens (including phenoxy) is 1. The van der Waals surface area contributed by atoms with Gasteiger partial charge in [0.2, 0.25) is 0 Å². The molecule has 0 aliphatic heterocycles. The summed E-state index contributed by atoms with van der Waals surface area (Å²) in [5.41, 5.74) is 2.25. The lowest BCUT2D eigenvalue weighted by atomic mass is 10.1. The Labute approximate surface area is 195 Å². The number of esters is 1. The molecule has 2 amide bonds. The Morgan fingerprint density at radius 1 is 0.941 bits per heavy atom. The molecule has 0 atom stereocenters. The van der Waals surface area contributed by atoms with Gasteiger partial charge in [-0.1, -0.05) is 17.7 Å². The zero-order valence-electron chi connectivity index (χ0n) is 18.4. The fraction of sp³-hybridized carbons (Fsp3) is 0.0800. The van der Waals surface area contributed by atoms with E-state index in [0.717, 1.165) is 5.56 Å². The van der Waals surface area contributed by atoms with E-state index in [2.05, 4.69) is 15.4 Å². The summed E-state index contributed by atoms with van der Waals surface area (Å²) in [4.78, 5) is 47.8. The van der Waals surface area contributed by atoms with Crippen molar-refractivity contribution >= 4 is 35.2 Å². The van der Waals surface area contributed by atoms with E-state index < -0.39 is 22.7 Å². The normalized spacial score (nSPS) is 10.8. The van der Waals surface area contributed by atoms with Crippen LogP contribution in [-0.4, -0.2) is 29.8 Å². The highest BCUT2D eigenvalue weighted by molar-refractivity contribution is 6.10. The van der Waals surface area contributed by atoms with E-state index in [1.807, 2.05) is 13.0 Å². The number of aryl methyl sites for hydroxylation is 1. The minimum absolute atomic E-state index is 0.0718. The number of nitrogens with zero attached hydrogens (tertiary/aromatic N) is 1. The predicted molar refractivity (Wildman–Crippen MR) is 126 cm³/mol. The van der Waals surface area contributed by atoms with E-state index in [4.69, 9.17) is 0 Å². The first-order valence-corrected chi connectivity index (χ1v) is 10.1. The topological polar surface area (TPSA) is 128 Å².